The van der Waals surface area contributed by atoms with Gasteiger partial charge < -0.3 is 20.4 Å². The van der Waals surface area contributed by atoms with Gasteiger partial charge in [0, 0.05) is 12.5 Å². The lowest BCUT2D eigenvalue weighted by atomic mass is 10.0. The van der Waals surface area contributed by atoms with Crippen LogP contribution >= 0.6 is 0 Å². The molecule has 1 aromatic heterocycles. The maximum absolute atomic E-state index is 12.6. The van der Waals surface area contributed by atoms with Gasteiger partial charge in [0.15, 0.2) is 5.69 Å². The van der Waals surface area contributed by atoms with Crippen molar-refractivity contribution in [1.82, 2.24) is 20.6 Å². The number of aromatic amines is 1. The summed E-state index contributed by atoms with van der Waals surface area (Å²) in [6.45, 7) is 2.42. The van der Waals surface area contributed by atoms with Gasteiger partial charge in [-0.25, -0.2) is 9.78 Å². The topological polar surface area (TPSA) is 130 Å². The summed E-state index contributed by atoms with van der Waals surface area (Å²) in [6.07, 6.45) is 3.19. The summed E-state index contributed by atoms with van der Waals surface area (Å²) >= 11 is 0. The molecule has 3 rings (SSSR count). The lowest BCUT2D eigenvalue weighted by Gasteiger charge is -2.10. The van der Waals surface area contributed by atoms with Gasteiger partial charge in [0.25, 0.3) is 11.5 Å². The minimum atomic E-state index is -0.810. The number of carbonyl (C=O) groups excluding carboxylic acids is 3. The van der Waals surface area contributed by atoms with Crippen molar-refractivity contribution in [1.29, 1.82) is 0 Å². The fraction of sp³-hybridized carbons (Fsp3) is 0.350. The van der Waals surface area contributed by atoms with Crippen LogP contribution in [0.15, 0.2) is 40.8 Å². The second-order valence-corrected chi connectivity index (χ2v) is 6.58. The fourth-order valence-electron chi connectivity index (χ4n) is 3.11. The van der Waals surface area contributed by atoms with E-state index in [0.29, 0.717) is 30.4 Å². The van der Waals surface area contributed by atoms with Gasteiger partial charge in [-0.3, -0.25) is 14.4 Å². The Morgan fingerprint density at radius 3 is 2.83 bits per heavy atom. The quantitative estimate of drug-likeness (QED) is 0.471. The third kappa shape index (κ3) is 4.87. The molecule has 1 saturated heterocycles. The zero-order valence-corrected chi connectivity index (χ0v) is 16.0. The number of hydrogen-bond donors (Lipinski definition) is 3. The summed E-state index contributed by atoms with van der Waals surface area (Å²) in [4.78, 5) is 55.4. The van der Waals surface area contributed by atoms with E-state index in [9.17, 15) is 19.2 Å². The monoisotopic (exact) mass is 398 g/mol. The smallest absolute Gasteiger partial charge is 0.354 e. The zero-order chi connectivity index (χ0) is 20.8. The van der Waals surface area contributed by atoms with Gasteiger partial charge in [0.1, 0.15) is 5.70 Å². The van der Waals surface area contributed by atoms with E-state index in [0.717, 1.165) is 6.42 Å². The summed E-state index contributed by atoms with van der Waals surface area (Å²) in [6, 6.07) is 6.82. The molecule has 2 aromatic rings. The maximum atomic E-state index is 12.6. The molecule has 2 amide bonds. The van der Waals surface area contributed by atoms with Crippen molar-refractivity contribution in [3.63, 3.8) is 0 Å². The number of hydrogen-bond acceptors (Lipinski definition) is 6. The molecule has 0 aliphatic carbocycles. The van der Waals surface area contributed by atoms with Gasteiger partial charge in [0.2, 0.25) is 5.91 Å². The van der Waals surface area contributed by atoms with Crippen molar-refractivity contribution in [2.45, 2.75) is 26.2 Å². The van der Waals surface area contributed by atoms with E-state index in [4.69, 9.17) is 4.74 Å². The Kier molecular flexibility index (Phi) is 6.38. The highest BCUT2D eigenvalue weighted by Gasteiger charge is 2.24. The molecule has 1 atom stereocenters. The molecule has 0 unspecified atom stereocenters. The molecule has 1 fully saturated rings. The Hall–Kier alpha value is -3.49. The molecule has 152 valence electrons. The maximum Gasteiger partial charge on any atom is 0.354 e. The highest BCUT2D eigenvalue weighted by Crippen LogP contribution is 2.16. The first-order chi connectivity index (χ1) is 14.0. The Balaban J connectivity index is 1.77. The normalized spacial score (nSPS) is 16.5. The van der Waals surface area contributed by atoms with Crippen molar-refractivity contribution in [2.75, 3.05) is 13.2 Å². The Labute approximate surface area is 166 Å². The number of rotatable bonds is 7. The average Bonchev–Trinajstić information content (AvgIpc) is 3.11. The van der Waals surface area contributed by atoms with Crippen LogP contribution < -0.4 is 16.2 Å². The SMILES string of the molecule is CCOC(=O)C(=CCC[C@H]1CCNC1=O)NC(=O)c1nc2ccccc2[nH]c1=O. The van der Waals surface area contributed by atoms with Crippen LogP contribution in [0.2, 0.25) is 0 Å². The molecule has 1 aromatic carbocycles. The lowest BCUT2D eigenvalue weighted by molar-refractivity contribution is -0.138. The van der Waals surface area contributed by atoms with Crippen LogP contribution in [0.1, 0.15) is 36.7 Å². The molecule has 0 spiro atoms. The zero-order valence-electron chi connectivity index (χ0n) is 16.0. The summed E-state index contributed by atoms with van der Waals surface area (Å²) in [5, 5.41) is 5.18. The summed E-state index contributed by atoms with van der Waals surface area (Å²) in [5.41, 5.74) is -0.137. The highest BCUT2D eigenvalue weighted by atomic mass is 16.5. The van der Waals surface area contributed by atoms with E-state index in [1.54, 1.807) is 31.2 Å². The Morgan fingerprint density at radius 2 is 2.10 bits per heavy atom. The second-order valence-electron chi connectivity index (χ2n) is 6.58. The number of carbonyl (C=O) groups is 3. The van der Waals surface area contributed by atoms with Crippen molar-refractivity contribution in [2.24, 2.45) is 5.92 Å². The van der Waals surface area contributed by atoms with E-state index >= 15 is 0 Å². The first kappa shape index (κ1) is 20.2. The molecule has 1 aliphatic rings. The van der Waals surface area contributed by atoms with Crippen molar-refractivity contribution in [3.05, 3.63) is 52.1 Å². The number of H-pyrrole nitrogens is 1. The summed E-state index contributed by atoms with van der Waals surface area (Å²) in [5.74, 6) is -1.65. The van der Waals surface area contributed by atoms with Gasteiger partial charge in [0.05, 0.1) is 17.6 Å². The van der Waals surface area contributed by atoms with E-state index in [2.05, 4.69) is 20.6 Å². The van der Waals surface area contributed by atoms with Crippen LogP contribution in [-0.4, -0.2) is 40.9 Å². The lowest BCUT2D eigenvalue weighted by Crippen LogP contribution is -2.33. The summed E-state index contributed by atoms with van der Waals surface area (Å²) < 4.78 is 4.98. The van der Waals surface area contributed by atoms with Crippen LogP contribution in [0, 0.1) is 5.92 Å². The van der Waals surface area contributed by atoms with Crippen LogP contribution in [0.3, 0.4) is 0 Å². The molecule has 3 N–H and O–H groups in total. The van der Waals surface area contributed by atoms with Crippen LogP contribution in [0.5, 0.6) is 0 Å². The van der Waals surface area contributed by atoms with Gasteiger partial charge in [-0.15, -0.1) is 0 Å². The molecule has 9 heteroatoms. The number of benzene rings is 1. The number of nitrogens with one attached hydrogen (secondary N) is 3. The fourth-order valence-corrected chi connectivity index (χ4v) is 3.11. The van der Waals surface area contributed by atoms with Crippen molar-refractivity contribution in [3.8, 4) is 0 Å². The summed E-state index contributed by atoms with van der Waals surface area (Å²) in [7, 11) is 0. The first-order valence-corrected chi connectivity index (χ1v) is 9.45. The number of nitrogens with zero attached hydrogens (tertiary/aromatic N) is 1. The first-order valence-electron chi connectivity index (χ1n) is 9.45. The number of ether oxygens (including phenoxy) is 1. The molecule has 2 heterocycles. The van der Waals surface area contributed by atoms with E-state index in [1.807, 2.05) is 0 Å². The number of allylic oxidation sites excluding steroid dienone is 1. The van der Waals surface area contributed by atoms with E-state index in [-0.39, 0.29) is 29.8 Å². The molecular weight excluding hydrogens is 376 g/mol. The Morgan fingerprint density at radius 1 is 1.31 bits per heavy atom. The minimum absolute atomic E-state index is 0.00739. The van der Waals surface area contributed by atoms with Gasteiger partial charge in [-0.05, 0) is 38.3 Å². The predicted molar refractivity (Wildman–Crippen MR) is 105 cm³/mol. The predicted octanol–water partition coefficient (Wildman–Crippen LogP) is 1.02. The van der Waals surface area contributed by atoms with Gasteiger partial charge in [-0.1, -0.05) is 18.2 Å². The van der Waals surface area contributed by atoms with Crippen LogP contribution in [0.4, 0.5) is 0 Å². The largest absolute Gasteiger partial charge is 0.461 e. The standard InChI is InChI=1S/C20H22N4O5/c1-2-29-20(28)15(9-5-6-12-10-11-21-17(12)25)24-19(27)16-18(26)23-14-8-4-3-7-13(14)22-16/h3-4,7-9,12H,2,5-6,10-11H2,1H3,(H,21,25)(H,23,26)(H,24,27)/t12-/m0/s1. The van der Waals surface area contributed by atoms with Crippen molar-refractivity contribution >= 4 is 28.8 Å². The van der Waals surface area contributed by atoms with Gasteiger partial charge >= 0.3 is 5.97 Å². The number of aromatic nitrogens is 2. The number of fused-ring (bicyclic) bond motifs is 1. The number of esters is 1. The number of amides is 2. The molecule has 0 saturated carbocycles. The highest BCUT2D eigenvalue weighted by molar-refractivity contribution is 6.00. The molecule has 29 heavy (non-hydrogen) atoms. The van der Waals surface area contributed by atoms with Crippen LogP contribution in [0.25, 0.3) is 11.0 Å². The third-order valence-corrected chi connectivity index (χ3v) is 4.58. The van der Waals surface area contributed by atoms with E-state index in [1.165, 1.54) is 6.08 Å². The second kappa shape index (κ2) is 9.13. The molecule has 9 nitrogen and oxygen atoms in total. The minimum Gasteiger partial charge on any atom is -0.461 e. The molecule has 0 bridgehead atoms. The van der Waals surface area contributed by atoms with E-state index < -0.39 is 17.4 Å². The molecule has 0 radical (unpaired) electrons. The van der Waals surface area contributed by atoms with Crippen molar-refractivity contribution < 1.29 is 19.1 Å². The molecular formula is C20H22N4O5. The number of para-hydroxylation sites is 2. The third-order valence-electron chi connectivity index (χ3n) is 4.58. The van der Waals surface area contributed by atoms with Crippen LogP contribution in [-0.2, 0) is 14.3 Å². The van der Waals surface area contributed by atoms with Gasteiger partial charge in [-0.2, -0.15) is 0 Å². The average molecular weight is 398 g/mol. The molecule has 1 aliphatic heterocycles. The Bertz CT molecular complexity index is 1030.